The predicted molar refractivity (Wildman–Crippen MR) is 175 cm³/mol. The highest BCUT2D eigenvalue weighted by Gasteiger charge is 2.36. The molecule has 3 N–H and O–H groups in total. The molecule has 0 aliphatic carbocycles. The Hall–Kier alpha value is -0.990. The van der Waals surface area contributed by atoms with Gasteiger partial charge < -0.3 is 29.5 Å². The summed E-state index contributed by atoms with van der Waals surface area (Å²) in [6, 6.07) is 0. The average Bonchev–Trinajstić information content (AvgIpc) is 3.76. The Kier molecular flexibility index (Phi) is 18.5. The van der Waals surface area contributed by atoms with Gasteiger partial charge in [-0.2, -0.15) is 0 Å². The van der Waals surface area contributed by atoms with Crippen molar-refractivity contribution in [3.8, 4) is 0 Å². The first-order valence-corrected chi connectivity index (χ1v) is 18.6. The van der Waals surface area contributed by atoms with E-state index in [-0.39, 0.29) is 36.5 Å². The third-order valence-corrected chi connectivity index (χ3v) is 10.1. The van der Waals surface area contributed by atoms with E-state index >= 15 is 0 Å². The van der Waals surface area contributed by atoms with Crippen LogP contribution in [0.25, 0.3) is 0 Å². The maximum absolute atomic E-state index is 11.7. The summed E-state index contributed by atoms with van der Waals surface area (Å²) in [4.78, 5) is 11.7. The highest BCUT2D eigenvalue weighted by atomic mass is 16.5. The third-order valence-electron chi connectivity index (χ3n) is 10.1. The molecule has 3 rings (SSSR count). The summed E-state index contributed by atoms with van der Waals surface area (Å²) in [5.74, 6) is -0.146. The van der Waals surface area contributed by atoms with E-state index in [1.54, 1.807) is 0 Å². The van der Waals surface area contributed by atoms with Gasteiger partial charge in [0.15, 0.2) is 0 Å². The van der Waals surface area contributed by atoms with Gasteiger partial charge in [-0.1, -0.05) is 96.8 Å². The summed E-state index contributed by atoms with van der Waals surface area (Å²) in [5.41, 5.74) is 0.836. The lowest BCUT2D eigenvalue weighted by atomic mass is 9.98. The molecule has 0 aromatic carbocycles. The van der Waals surface area contributed by atoms with Crippen molar-refractivity contribution < 1.29 is 34.3 Å². The molecule has 0 saturated carbocycles. The summed E-state index contributed by atoms with van der Waals surface area (Å²) < 4.78 is 17.4. The van der Waals surface area contributed by atoms with Crippen molar-refractivity contribution in [1.82, 2.24) is 0 Å². The second-order valence-electron chi connectivity index (χ2n) is 14.0. The van der Waals surface area contributed by atoms with Gasteiger partial charge in [-0.3, -0.25) is 0 Å². The number of ether oxygens (including phenoxy) is 3. The molecule has 0 aromatic rings. The molecule has 7 nitrogen and oxygen atoms in total. The minimum Gasteiger partial charge on any atom is -0.455 e. The minimum atomic E-state index is -0.615. The van der Waals surface area contributed by atoms with Gasteiger partial charge in [0.25, 0.3) is 0 Å². The number of carbonyl (C=O) groups is 1. The Morgan fingerprint density at radius 2 is 1.16 bits per heavy atom. The Labute approximate surface area is 268 Å². The fourth-order valence-electron chi connectivity index (χ4n) is 7.26. The second kappa shape index (κ2) is 21.7. The topological polar surface area (TPSA) is 105 Å². The number of aliphatic hydroxyl groups excluding tert-OH is 3. The molecule has 44 heavy (non-hydrogen) atoms. The van der Waals surface area contributed by atoms with Crippen molar-refractivity contribution in [1.29, 1.82) is 0 Å². The molecule has 2 fully saturated rings. The van der Waals surface area contributed by atoms with E-state index in [9.17, 15) is 20.1 Å². The van der Waals surface area contributed by atoms with Crippen LogP contribution in [0.15, 0.2) is 11.6 Å². The zero-order valence-electron chi connectivity index (χ0n) is 28.1. The van der Waals surface area contributed by atoms with Crippen molar-refractivity contribution in [2.45, 2.75) is 217 Å². The summed E-state index contributed by atoms with van der Waals surface area (Å²) in [7, 11) is 0. The van der Waals surface area contributed by atoms with E-state index < -0.39 is 18.3 Å². The van der Waals surface area contributed by atoms with Crippen LogP contribution >= 0.6 is 0 Å². The number of hydrogen-bond donors (Lipinski definition) is 3. The predicted octanol–water partition coefficient (Wildman–Crippen LogP) is 7.86. The van der Waals surface area contributed by atoms with Gasteiger partial charge in [-0.15, -0.1) is 0 Å². The fourth-order valence-corrected chi connectivity index (χ4v) is 7.26. The van der Waals surface area contributed by atoms with E-state index in [2.05, 4.69) is 6.92 Å². The van der Waals surface area contributed by atoms with Crippen LogP contribution < -0.4 is 0 Å². The van der Waals surface area contributed by atoms with E-state index in [0.29, 0.717) is 12.8 Å². The van der Waals surface area contributed by atoms with Crippen LogP contribution in [-0.4, -0.2) is 70.1 Å². The van der Waals surface area contributed by atoms with Crippen LogP contribution in [0.1, 0.15) is 168 Å². The maximum atomic E-state index is 11.7. The van der Waals surface area contributed by atoms with Gasteiger partial charge in [0.2, 0.25) is 0 Å². The summed E-state index contributed by atoms with van der Waals surface area (Å²) in [5, 5.41) is 32.2. The van der Waals surface area contributed by atoms with Gasteiger partial charge in [0.05, 0.1) is 42.7 Å². The van der Waals surface area contributed by atoms with Gasteiger partial charge in [0, 0.05) is 5.57 Å². The van der Waals surface area contributed by atoms with E-state index in [1.165, 1.54) is 57.8 Å². The Morgan fingerprint density at radius 3 is 1.75 bits per heavy atom. The Morgan fingerprint density at radius 1 is 0.659 bits per heavy atom. The molecule has 0 amide bonds. The monoisotopic (exact) mass is 622 g/mol. The summed E-state index contributed by atoms with van der Waals surface area (Å²) in [6.45, 7) is 4.16. The molecule has 0 aromatic heterocycles. The molecule has 8 atom stereocenters. The van der Waals surface area contributed by atoms with Crippen molar-refractivity contribution in [3.05, 3.63) is 11.6 Å². The highest BCUT2D eigenvalue weighted by molar-refractivity contribution is 5.90. The molecule has 0 spiro atoms. The number of rotatable bonds is 25. The lowest BCUT2D eigenvalue weighted by molar-refractivity contribution is -0.139. The Balaban J connectivity index is 1.16. The van der Waals surface area contributed by atoms with Crippen molar-refractivity contribution in [2.24, 2.45) is 0 Å². The van der Waals surface area contributed by atoms with Crippen LogP contribution in [0.3, 0.4) is 0 Å². The smallest absolute Gasteiger partial charge is 0.334 e. The molecule has 7 heteroatoms. The minimum absolute atomic E-state index is 0.0748. The van der Waals surface area contributed by atoms with Crippen LogP contribution in [0.4, 0.5) is 0 Å². The van der Waals surface area contributed by atoms with Crippen molar-refractivity contribution in [3.63, 3.8) is 0 Å². The molecular formula is C37H66O7. The van der Waals surface area contributed by atoms with Gasteiger partial charge >= 0.3 is 5.97 Å². The SMILES string of the molecule is CCCCCCCCCCCC[C@@H](O)[C@H]1CC[C@H]([C@H](O)CC[C@H](O)[C@@H]2CC[C@@H](CCCCCCCC3=C[C@H](C)OC3=O)O2)O1. The van der Waals surface area contributed by atoms with Gasteiger partial charge in [0.1, 0.15) is 6.10 Å². The van der Waals surface area contributed by atoms with E-state index in [0.717, 1.165) is 89.0 Å². The molecule has 0 unspecified atom stereocenters. The standard InChI is InChI=1S/C37H66O7/c1-3-4-5-6-7-8-9-10-14-17-20-31(38)35-25-26-36(44-35)33(40)23-22-32(39)34-24-21-30(43-34)19-16-13-11-12-15-18-29-27-28(2)42-37(29)41/h27-28,30-36,38-40H,3-26H2,1-2H3/t28-,30+,31+,32-,33+,34-,35+,36+/m0/s1. The largest absolute Gasteiger partial charge is 0.455 e. The number of carbonyl (C=O) groups excluding carboxylic acids is 1. The molecular weight excluding hydrogens is 556 g/mol. The zero-order chi connectivity index (χ0) is 31.6. The molecule has 3 aliphatic rings. The van der Waals surface area contributed by atoms with Gasteiger partial charge in [-0.05, 0) is 77.2 Å². The number of cyclic esters (lactones) is 1. The lowest BCUT2D eigenvalue weighted by Gasteiger charge is -2.24. The summed E-state index contributed by atoms with van der Waals surface area (Å²) >= 11 is 0. The first-order valence-electron chi connectivity index (χ1n) is 18.6. The third kappa shape index (κ3) is 14.2. The van der Waals surface area contributed by atoms with Crippen LogP contribution in [0, 0.1) is 0 Å². The number of unbranched alkanes of at least 4 members (excludes halogenated alkanes) is 13. The van der Waals surface area contributed by atoms with Crippen molar-refractivity contribution in [2.75, 3.05) is 0 Å². The molecule has 3 heterocycles. The van der Waals surface area contributed by atoms with Crippen LogP contribution in [0.5, 0.6) is 0 Å². The maximum Gasteiger partial charge on any atom is 0.334 e. The van der Waals surface area contributed by atoms with Crippen molar-refractivity contribution >= 4 is 5.97 Å². The zero-order valence-corrected chi connectivity index (χ0v) is 28.1. The van der Waals surface area contributed by atoms with E-state index in [4.69, 9.17) is 14.2 Å². The highest BCUT2D eigenvalue weighted by Crippen LogP contribution is 2.31. The molecule has 2 saturated heterocycles. The lowest BCUT2D eigenvalue weighted by Crippen LogP contribution is -2.33. The molecule has 0 bridgehead atoms. The number of hydrogen-bond acceptors (Lipinski definition) is 7. The van der Waals surface area contributed by atoms with Crippen LogP contribution in [-0.2, 0) is 19.0 Å². The first-order chi connectivity index (χ1) is 21.4. The first kappa shape index (κ1) is 37.5. The summed E-state index contributed by atoms with van der Waals surface area (Å²) in [6.07, 6.45) is 25.4. The average molecular weight is 623 g/mol. The molecule has 3 aliphatic heterocycles. The fraction of sp³-hybridized carbons (Fsp3) is 0.919. The van der Waals surface area contributed by atoms with Crippen LogP contribution in [0.2, 0.25) is 0 Å². The Bertz CT molecular complexity index is 801. The second-order valence-corrected chi connectivity index (χ2v) is 14.0. The molecule has 0 radical (unpaired) electrons. The quantitative estimate of drug-likeness (QED) is 0.0703. The van der Waals surface area contributed by atoms with Gasteiger partial charge in [-0.25, -0.2) is 4.79 Å². The normalized spacial score (nSPS) is 27.4. The van der Waals surface area contributed by atoms with E-state index in [1.807, 2.05) is 13.0 Å². The number of esters is 1. The molecule has 256 valence electrons. The number of aliphatic hydroxyl groups is 3.